The smallest absolute Gasteiger partial charge is 0.341 e. The average Bonchev–Trinajstić information content (AvgIpc) is 3.17. The molecule has 0 amide bonds. The maximum atomic E-state index is 12.6. The van der Waals surface area contributed by atoms with Gasteiger partial charge in [-0.2, -0.15) is 0 Å². The first-order chi connectivity index (χ1) is 15.5. The molecule has 4 nitrogen and oxygen atoms in total. The van der Waals surface area contributed by atoms with Crippen molar-refractivity contribution < 1.29 is 9.53 Å². The molecule has 0 aliphatic heterocycles. The van der Waals surface area contributed by atoms with Gasteiger partial charge in [-0.1, -0.05) is 30.3 Å². The van der Waals surface area contributed by atoms with Gasteiger partial charge in [-0.3, -0.25) is 0 Å². The molecule has 4 bridgehead atoms. The summed E-state index contributed by atoms with van der Waals surface area (Å²) in [7, 11) is 0. The fraction of sp³-hybridized carbons (Fsp3) is 0.538. The van der Waals surface area contributed by atoms with Crippen molar-refractivity contribution in [2.45, 2.75) is 58.4 Å². The van der Waals surface area contributed by atoms with Gasteiger partial charge in [-0.15, -0.1) is 11.3 Å². The van der Waals surface area contributed by atoms with Gasteiger partial charge in [0.25, 0.3) is 0 Å². The lowest BCUT2D eigenvalue weighted by Gasteiger charge is -2.59. The van der Waals surface area contributed by atoms with Crippen molar-refractivity contribution in [1.82, 2.24) is 5.32 Å². The number of carbonyl (C=O) groups is 1. The minimum atomic E-state index is -0.314. The summed E-state index contributed by atoms with van der Waals surface area (Å²) in [4.78, 5) is 13.6. The van der Waals surface area contributed by atoms with Crippen LogP contribution in [-0.4, -0.2) is 23.7 Å². The van der Waals surface area contributed by atoms with Crippen LogP contribution in [0.3, 0.4) is 0 Å². The highest BCUT2D eigenvalue weighted by Crippen LogP contribution is 2.61. The molecule has 0 saturated heterocycles. The Bertz CT molecular complexity index is 965. The molecule has 0 radical (unpaired) electrons. The second kappa shape index (κ2) is 8.79. The third kappa shape index (κ3) is 4.19. The van der Waals surface area contributed by atoms with Gasteiger partial charge in [0, 0.05) is 10.9 Å². The maximum Gasteiger partial charge on any atom is 0.341 e. The molecule has 1 aromatic heterocycles. The van der Waals surface area contributed by atoms with Gasteiger partial charge >= 0.3 is 5.97 Å². The Morgan fingerprint density at radius 3 is 2.38 bits per heavy atom. The lowest BCUT2D eigenvalue weighted by Crippen LogP contribution is -2.56. The van der Waals surface area contributed by atoms with E-state index in [1.165, 1.54) is 38.5 Å². The molecular weight excluding hydrogens is 436 g/mol. The number of thiocarbonyl (C=S) groups is 1. The van der Waals surface area contributed by atoms with Crippen molar-refractivity contribution >= 4 is 39.6 Å². The van der Waals surface area contributed by atoms with Crippen molar-refractivity contribution in [3.8, 4) is 10.4 Å². The van der Waals surface area contributed by atoms with Crippen LogP contribution in [0.25, 0.3) is 10.4 Å². The van der Waals surface area contributed by atoms with Crippen molar-refractivity contribution in [2.24, 2.45) is 23.2 Å². The molecule has 1 atom stereocenters. The zero-order chi connectivity index (χ0) is 22.3. The summed E-state index contributed by atoms with van der Waals surface area (Å²) in [6.07, 6.45) is 8.32. The van der Waals surface area contributed by atoms with Crippen LogP contribution in [0.4, 0.5) is 5.00 Å². The molecule has 1 unspecified atom stereocenters. The van der Waals surface area contributed by atoms with Crippen molar-refractivity contribution in [3.63, 3.8) is 0 Å². The van der Waals surface area contributed by atoms with Crippen LogP contribution in [0.1, 0.15) is 62.7 Å². The predicted molar refractivity (Wildman–Crippen MR) is 135 cm³/mol. The van der Waals surface area contributed by atoms with Crippen LogP contribution in [0, 0.1) is 23.2 Å². The van der Waals surface area contributed by atoms with E-state index in [1.807, 2.05) is 31.2 Å². The zero-order valence-corrected chi connectivity index (χ0v) is 20.5. The lowest BCUT2D eigenvalue weighted by atomic mass is 9.48. The fourth-order valence-corrected chi connectivity index (χ4v) is 8.19. The molecule has 1 aromatic carbocycles. The maximum absolute atomic E-state index is 12.6. The minimum absolute atomic E-state index is 0.314. The first-order valence-electron chi connectivity index (χ1n) is 11.9. The Hall–Kier alpha value is -1.92. The van der Waals surface area contributed by atoms with Crippen LogP contribution in [-0.2, 0) is 4.74 Å². The number of benzene rings is 1. The molecule has 4 fully saturated rings. The molecule has 4 aliphatic carbocycles. The van der Waals surface area contributed by atoms with Crippen molar-refractivity contribution in [2.75, 3.05) is 11.9 Å². The van der Waals surface area contributed by atoms with Gasteiger partial charge in [0.2, 0.25) is 0 Å². The quantitative estimate of drug-likeness (QED) is 0.375. The second-order valence-electron chi connectivity index (χ2n) is 10.0. The monoisotopic (exact) mass is 468 g/mol. The zero-order valence-electron chi connectivity index (χ0n) is 18.9. The molecule has 32 heavy (non-hydrogen) atoms. The number of carbonyl (C=O) groups excluding carboxylic acids is 1. The average molecular weight is 469 g/mol. The number of thiophene rings is 1. The number of anilines is 1. The Labute approximate surface area is 200 Å². The Kier molecular flexibility index (Phi) is 6.01. The van der Waals surface area contributed by atoms with Crippen molar-refractivity contribution in [3.05, 3.63) is 42.0 Å². The predicted octanol–water partition coefficient (Wildman–Crippen LogP) is 6.48. The van der Waals surface area contributed by atoms with Gasteiger partial charge in [-0.25, -0.2) is 4.79 Å². The molecule has 2 aromatic rings. The van der Waals surface area contributed by atoms with Gasteiger partial charge in [0.1, 0.15) is 5.00 Å². The fourth-order valence-electron chi connectivity index (χ4n) is 6.79. The van der Waals surface area contributed by atoms with E-state index in [1.54, 1.807) is 11.3 Å². The molecule has 2 N–H and O–H groups in total. The third-order valence-corrected chi connectivity index (χ3v) is 9.18. The highest BCUT2D eigenvalue weighted by atomic mass is 32.1. The highest BCUT2D eigenvalue weighted by Gasteiger charge is 2.53. The van der Waals surface area contributed by atoms with Crippen LogP contribution in [0.15, 0.2) is 36.4 Å². The van der Waals surface area contributed by atoms with E-state index in [0.717, 1.165) is 33.2 Å². The molecule has 4 saturated carbocycles. The van der Waals surface area contributed by atoms with E-state index < -0.39 is 0 Å². The van der Waals surface area contributed by atoms with E-state index in [2.05, 4.69) is 29.7 Å². The van der Waals surface area contributed by atoms with E-state index in [4.69, 9.17) is 17.0 Å². The largest absolute Gasteiger partial charge is 0.462 e. The normalized spacial score (nSPS) is 28.9. The molecular formula is C26H32N2O2S2. The van der Waals surface area contributed by atoms with E-state index in [-0.39, 0.29) is 5.97 Å². The summed E-state index contributed by atoms with van der Waals surface area (Å²) in [6, 6.07) is 12.3. The number of nitrogens with one attached hydrogen (secondary N) is 2. The molecule has 6 rings (SSSR count). The Balaban J connectivity index is 1.32. The third-order valence-electron chi connectivity index (χ3n) is 7.86. The molecule has 4 aliphatic rings. The Morgan fingerprint density at radius 1 is 1.16 bits per heavy atom. The summed E-state index contributed by atoms with van der Waals surface area (Å²) in [5.41, 5.74) is 1.99. The number of hydrogen-bond acceptors (Lipinski definition) is 4. The van der Waals surface area contributed by atoms with Gasteiger partial charge in [0.05, 0.1) is 12.2 Å². The summed E-state index contributed by atoms with van der Waals surface area (Å²) >= 11 is 7.28. The van der Waals surface area contributed by atoms with E-state index >= 15 is 0 Å². The van der Waals surface area contributed by atoms with Crippen LogP contribution < -0.4 is 10.6 Å². The molecule has 0 spiro atoms. The standard InChI is InChI=1S/C26H32N2O2S2/c1-3-30-24(29)21-12-22(20-7-5-4-6-8-20)32-23(21)28-25(31)27-16(2)26-13-17-9-18(14-26)11-19(10-17)15-26/h4-8,12,16-19H,3,9-11,13-15H2,1-2H3,(H2,27,28,31). The summed E-state index contributed by atoms with van der Waals surface area (Å²) < 4.78 is 5.31. The van der Waals surface area contributed by atoms with Crippen LogP contribution >= 0.6 is 23.6 Å². The van der Waals surface area contributed by atoms with Crippen LogP contribution in [0.5, 0.6) is 0 Å². The number of hydrogen-bond donors (Lipinski definition) is 2. The second-order valence-corrected chi connectivity index (χ2v) is 11.5. The topological polar surface area (TPSA) is 50.4 Å². The molecule has 6 heteroatoms. The van der Waals surface area contributed by atoms with Gasteiger partial charge < -0.3 is 15.4 Å². The number of ether oxygens (including phenoxy) is 1. The summed E-state index contributed by atoms with van der Waals surface area (Å²) in [5.74, 6) is 2.42. The summed E-state index contributed by atoms with van der Waals surface area (Å²) in [5, 5.41) is 8.29. The van der Waals surface area contributed by atoms with Gasteiger partial charge in [-0.05, 0) is 99.4 Å². The minimum Gasteiger partial charge on any atom is -0.462 e. The van der Waals surface area contributed by atoms with E-state index in [0.29, 0.717) is 28.7 Å². The number of rotatable bonds is 6. The molecule has 1 heterocycles. The van der Waals surface area contributed by atoms with Crippen LogP contribution in [0.2, 0.25) is 0 Å². The van der Waals surface area contributed by atoms with Crippen molar-refractivity contribution in [1.29, 1.82) is 0 Å². The first-order valence-corrected chi connectivity index (χ1v) is 13.1. The highest BCUT2D eigenvalue weighted by molar-refractivity contribution is 7.80. The van der Waals surface area contributed by atoms with E-state index in [9.17, 15) is 4.79 Å². The SMILES string of the molecule is CCOC(=O)c1cc(-c2ccccc2)sc1NC(=S)NC(C)C12CC3CC(CC(C3)C1)C2. The Morgan fingerprint density at radius 2 is 1.78 bits per heavy atom. The summed E-state index contributed by atoms with van der Waals surface area (Å²) in [6.45, 7) is 4.48. The first kappa shape index (κ1) is 21.9. The lowest BCUT2D eigenvalue weighted by molar-refractivity contribution is -0.0671. The van der Waals surface area contributed by atoms with Gasteiger partial charge in [0.15, 0.2) is 5.11 Å². The number of esters is 1. The molecule has 170 valence electrons.